The van der Waals surface area contributed by atoms with Crippen LogP contribution in [0.25, 0.3) is 0 Å². The van der Waals surface area contributed by atoms with Crippen LogP contribution in [0.3, 0.4) is 0 Å². The Balaban J connectivity index is 1.32. The maximum atomic E-state index is 13.2. The van der Waals surface area contributed by atoms with Crippen LogP contribution in [0.4, 0.5) is 0 Å². The second kappa shape index (κ2) is 9.41. The predicted molar refractivity (Wildman–Crippen MR) is 118 cm³/mol. The van der Waals surface area contributed by atoms with Crippen molar-refractivity contribution in [3.8, 4) is 11.5 Å². The van der Waals surface area contributed by atoms with E-state index in [4.69, 9.17) is 9.47 Å². The highest BCUT2D eigenvalue weighted by Crippen LogP contribution is 2.31. The maximum Gasteiger partial charge on any atom is 0.254 e. The van der Waals surface area contributed by atoms with Crippen LogP contribution < -0.4 is 9.47 Å². The van der Waals surface area contributed by atoms with E-state index in [0.717, 1.165) is 22.6 Å². The molecule has 6 nitrogen and oxygen atoms in total. The summed E-state index contributed by atoms with van der Waals surface area (Å²) in [5.41, 5.74) is 1.73. The first kappa shape index (κ1) is 21.2. The third-order valence-corrected chi connectivity index (χ3v) is 6.19. The summed E-state index contributed by atoms with van der Waals surface area (Å²) < 4.78 is 11.8. The van der Waals surface area contributed by atoms with Gasteiger partial charge < -0.3 is 19.3 Å². The number of nitrogens with zero attached hydrogens (tertiary/aromatic N) is 2. The number of hydrogen-bond acceptors (Lipinski definition) is 4. The Kier molecular flexibility index (Phi) is 6.44. The van der Waals surface area contributed by atoms with E-state index < -0.39 is 0 Å². The topological polar surface area (TPSA) is 59.1 Å². The molecule has 0 spiro atoms. The summed E-state index contributed by atoms with van der Waals surface area (Å²) in [7, 11) is 0. The fourth-order valence-corrected chi connectivity index (χ4v) is 4.34. The summed E-state index contributed by atoms with van der Waals surface area (Å²) in [6, 6.07) is 15.3. The molecule has 164 valence electrons. The van der Waals surface area contributed by atoms with E-state index in [1.54, 1.807) is 0 Å². The van der Waals surface area contributed by atoms with Gasteiger partial charge in [-0.15, -0.1) is 0 Å². The van der Waals surface area contributed by atoms with Gasteiger partial charge in [-0.3, -0.25) is 9.59 Å². The zero-order chi connectivity index (χ0) is 21.8. The van der Waals surface area contributed by atoms with Crippen LogP contribution in [0, 0.1) is 12.8 Å². The van der Waals surface area contributed by atoms with Crippen molar-refractivity contribution in [3.63, 3.8) is 0 Å². The number of carbonyl (C=O) groups is 2. The van der Waals surface area contributed by atoms with Crippen LogP contribution in [0.1, 0.15) is 35.7 Å². The molecule has 2 amide bonds. The maximum absolute atomic E-state index is 13.2. The van der Waals surface area contributed by atoms with Gasteiger partial charge >= 0.3 is 0 Å². The molecule has 31 heavy (non-hydrogen) atoms. The average Bonchev–Trinajstić information content (AvgIpc) is 2.82. The van der Waals surface area contributed by atoms with Crippen LogP contribution >= 0.6 is 0 Å². The number of amides is 2. The molecule has 0 aromatic heterocycles. The summed E-state index contributed by atoms with van der Waals surface area (Å²) in [5, 5.41) is 0. The van der Waals surface area contributed by atoms with Crippen molar-refractivity contribution >= 4 is 11.8 Å². The summed E-state index contributed by atoms with van der Waals surface area (Å²) in [6.07, 6.45) is 1.21. The number of likely N-dealkylation sites (N-methyl/N-ethyl adjacent to an activating group) is 1. The standard InChI is InChI=1S/C25H30N2O4/c1-3-26(16-20-17-30-22-10-6-7-11-23(22)31-20)24(28)19-12-14-27(15-13-19)25(29)21-9-5-4-8-18(21)2/h4-11,19-20H,3,12-17H2,1-2H3/t20-/m1/s1. The van der Waals surface area contributed by atoms with E-state index in [0.29, 0.717) is 45.6 Å². The SMILES string of the molecule is CCN(C[C@@H]1COc2ccccc2O1)C(=O)C1CCN(C(=O)c2ccccc2C)CC1. The van der Waals surface area contributed by atoms with E-state index in [1.807, 2.05) is 72.2 Å². The van der Waals surface area contributed by atoms with Crippen LogP contribution in [0.15, 0.2) is 48.5 Å². The van der Waals surface area contributed by atoms with E-state index in [2.05, 4.69) is 0 Å². The minimum absolute atomic E-state index is 0.0577. The summed E-state index contributed by atoms with van der Waals surface area (Å²) in [4.78, 5) is 29.8. The molecule has 2 aliphatic rings. The molecule has 0 radical (unpaired) electrons. The number of hydrogen-bond donors (Lipinski definition) is 0. The molecule has 0 saturated carbocycles. The lowest BCUT2D eigenvalue weighted by Gasteiger charge is -2.36. The fourth-order valence-electron chi connectivity index (χ4n) is 4.34. The highest BCUT2D eigenvalue weighted by Gasteiger charge is 2.32. The zero-order valence-corrected chi connectivity index (χ0v) is 18.3. The van der Waals surface area contributed by atoms with Crippen molar-refractivity contribution in [2.75, 3.05) is 32.8 Å². The molecule has 0 unspecified atom stereocenters. The molecule has 1 atom stereocenters. The first-order valence-corrected chi connectivity index (χ1v) is 11.1. The molecule has 2 aromatic rings. The lowest BCUT2D eigenvalue weighted by atomic mass is 9.94. The summed E-state index contributed by atoms with van der Waals surface area (Å²) in [5.74, 6) is 1.62. The van der Waals surface area contributed by atoms with Crippen molar-refractivity contribution in [1.82, 2.24) is 9.80 Å². The lowest BCUT2D eigenvalue weighted by Crippen LogP contribution is -2.48. The summed E-state index contributed by atoms with van der Waals surface area (Å²) in [6.45, 7) is 6.73. The Bertz CT molecular complexity index is 937. The molecule has 2 aromatic carbocycles. The van der Waals surface area contributed by atoms with E-state index in [9.17, 15) is 9.59 Å². The van der Waals surface area contributed by atoms with Gasteiger partial charge in [-0.25, -0.2) is 0 Å². The van der Waals surface area contributed by atoms with Crippen LogP contribution in [0.5, 0.6) is 11.5 Å². The van der Waals surface area contributed by atoms with Gasteiger partial charge in [0.15, 0.2) is 17.6 Å². The normalized spacial score (nSPS) is 18.5. The number of para-hydroxylation sites is 2. The molecule has 2 aliphatic heterocycles. The second-order valence-corrected chi connectivity index (χ2v) is 8.26. The van der Waals surface area contributed by atoms with E-state index in [-0.39, 0.29) is 23.8 Å². The molecular weight excluding hydrogens is 392 g/mol. The van der Waals surface area contributed by atoms with E-state index in [1.165, 1.54) is 0 Å². The van der Waals surface area contributed by atoms with Crippen molar-refractivity contribution in [1.29, 1.82) is 0 Å². The van der Waals surface area contributed by atoms with Gasteiger partial charge in [0, 0.05) is 31.1 Å². The van der Waals surface area contributed by atoms with Gasteiger partial charge in [0.2, 0.25) is 5.91 Å². The average molecular weight is 423 g/mol. The number of aryl methyl sites for hydroxylation is 1. The molecule has 2 heterocycles. The molecule has 4 rings (SSSR count). The van der Waals surface area contributed by atoms with Gasteiger partial charge in [0.05, 0.1) is 6.54 Å². The van der Waals surface area contributed by atoms with Crippen molar-refractivity contribution < 1.29 is 19.1 Å². The number of piperidine rings is 1. The van der Waals surface area contributed by atoms with Gasteiger partial charge in [-0.1, -0.05) is 30.3 Å². The molecule has 0 N–H and O–H groups in total. The fraction of sp³-hybridized carbons (Fsp3) is 0.440. The number of carbonyl (C=O) groups excluding carboxylic acids is 2. The van der Waals surface area contributed by atoms with Gasteiger partial charge in [-0.2, -0.15) is 0 Å². The highest BCUT2D eigenvalue weighted by atomic mass is 16.6. The van der Waals surface area contributed by atoms with Crippen LogP contribution in [-0.2, 0) is 4.79 Å². The Morgan fingerprint density at radius 3 is 2.42 bits per heavy atom. The third kappa shape index (κ3) is 4.68. The summed E-state index contributed by atoms with van der Waals surface area (Å²) >= 11 is 0. The first-order chi connectivity index (χ1) is 15.1. The molecular formula is C25H30N2O4. The zero-order valence-electron chi connectivity index (χ0n) is 18.3. The number of benzene rings is 2. The monoisotopic (exact) mass is 422 g/mol. The Hall–Kier alpha value is -3.02. The van der Waals surface area contributed by atoms with Crippen LogP contribution in [-0.4, -0.2) is 60.5 Å². The Morgan fingerprint density at radius 2 is 1.71 bits per heavy atom. The van der Waals surface area contributed by atoms with Crippen molar-refractivity contribution in [2.24, 2.45) is 5.92 Å². The largest absolute Gasteiger partial charge is 0.486 e. The number of ether oxygens (including phenoxy) is 2. The minimum atomic E-state index is -0.179. The molecule has 0 aliphatic carbocycles. The molecule has 1 saturated heterocycles. The van der Waals surface area contributed by atoms with Crippen molar-refractivity contribution in [3.05, 3.63) is 59.7 Å². The number of fused-ring (bicyclic) bond motifs is 1. The lowest BCUT2D eigenvalue weighted by molar-refractivity contribution is -0.138. The smallest absolute Gasteiger partial charge is 0.254 e. The minimum Gasteiger partial charge on any atom is -0.486 e. The van der Waals surface area contributed by atoms with Gasteiger partial charge in [0.25, 0.3) is 5.91 Å². The third-order valence-electron chi connectivity index (χ3n) is 6.19. The number of rotatable bonds is 5. The Labute approximate surface area is 183 Å². The van der Waals surface area contributed by atoms with E-state index >= 15 is 0 Å². The first-order valence-electron chi connectivity index (χ1n) is 11.1. The highest BCUT2D eigenvalue weighted by molar-refractivity contribution is 5.95. The molecule has 0 bridgehead atoms. The molecule has 6 heteroatoms. The second-order valence-electron chi connectivity index (χ2n) is 8.26. The Morgan fingerprint density at radius 1 is 1.03 bits per heavy atom. The molecule has 1 fully saturated rings. The quantitative estimate of drug-likeness (QED) is 0.740. The van der Waals surface area contributed by atoms with Gasteiger partial charge in [-0.05, 0) is 50.5 Å². The predicted octanol–water partition coefficient (Wildman–Crippen LogP) is 3.54. The number of likely N-dealkylation sites (tertiary alicyclic amines) is 1. The van der Waals surface area contributed by atoms with Crippen LogP contribution in [0.2, 0.25) is 0 Å². The van der Waals surface area contributed by atoms with Gasteiger partial charge in [0.1, 0.15) is 6.61 Å². The van der Waals surface area contributed by atoms with Crippen molar-refractivity contribution in [2.45, 2.75) is 32.8 Å².